The van der Waals surface area contributed by atoms with E-state index in [2.05, 4.69) is 4.98 Å². The Kier molecular flexibility index (Phi) is 4.89. The second-order valence-corrected chi connectivity index (χ2v) is 6.39. The molecule has 0 N–H and O–H groups in total. The maximum Gasteiger partial charge on any atom is 0.134 e. The summed E-state index contributed by atoms with van der Waals surface area (Å²) in [5.74, 6) is 0.298. The summed E-state index contributed by atoms with van der Waals surface area (Å²) in [6, 6.07) is 19.0. The molecule has 1 heterocycles. The molecule has 1 aromatic heterocycles. The van der Waals surface area contributed by atoms with Crippen molar-refractivity contribution in [2.24, 2.45) is 0 Å². The highest BCUT2D eigenvalue weighted by molar-refractivity contribution is 5.80. The van der Waals surface area contributed by atoms with Gasteiger partial charge in [-0.3, -0.25) is 0 Å². The smallest absolute Gasteiger partial charge is 0.134 e. The molecule has 0 saturated heterocycles. The molecule has 4 aromatic rings. The van der Waals surface area contributed by atoms with E-state index in [0.29, 0.717) is 11.4 Å². The largest absolute Gasteiger partial charge is 0.497 e. The average molecular weight is 376 g/mol. The summed E-state index contributed by atoms with van der Waals surface area (Å²) in [7, 11) is 1.62. The van der Waals surface area contributed by atoms with Crippen molar-refractivity contribution in [1.29, 1.82) is 0 Å². The van der Waals surface area contributed by atoms with Gasteiger partial charge in [0, 0.05) is 11.6 Å². The predicted octanol–water partition coefficient (Wildman–Crippen LogP) is 5.54. The lowest BCUT2D eigenvalue weighted by Crippen LogP contribution is -2.04. The number of nitrogens with zero attached hydrogens (tertiary/aromatic N) is 2. The number of aromatic nitrogens is 2. The fourth-order valence-electron chi connectivity index (χ4n) is 3.12. The van der Waals surface area contributed by atoms with Crippen molar-refractivity contribution in [3.05, 3.63) is 95.3 Å². The third kappa shape index (κ3) is 3.64. The molecule has 4 rings (SSSR count). The maximum atomic E-state index is 14.2. The Morgan fingerprint density at radius 3 is 2.64 bits per heavy atom. The molecular formula is C23H18F2N2O. The molecule has 5 heteroatoms. The fraction of sp³-hybridized carbons (Fsp3) is 0.0870. The van der Waals surface area contributed by atoms with Crippen molar-refractivity contribution < 1.29 is 13.5 Å². The molecule has 28 heavy (non-hydrogen) atoms. The zero-order chi connectivity index (χ0) is 19.5. The minimum Gasteiger partial charge on any atom is -0.497 e. The van der Waals surface area contributed by atoms with Gasteiger partial charge >= 0.3 is 0 Å². The number of benzene rings is 3. The van der Waals surface area contributed by atoms with Crippen LogP contribution in [-0.4, -0.2) is 16.7 Å². The molecule has 0 fully saturated rings. The van der Waals surface area contributed by atoms with Crippen LogP contribution in [0.25, 0.3) is 23.2 Å². The molecule has 3 nitrogen and oxygen atoms in total. The van der Waals surface area contributed by atoms with Gasteiger partial charge in [-0.2, -0.15) is 0 Å². The fourth-order valence-corrected chi connectivity index (χ4v) is 3.12. The van der Waals surface area contributed by atoms with E-state index in [9.17, 15) is 8.78 Å². The zero-order valence-electron chi connectivity index (χ0n) is 15.3. The lowest BCUT2D eigenvalue weighted by Gasteiger charge is -2.09. The first-order valence-electron chi connectivity index (χ1n) is 8.85. The average Bonchev–Trinajstić information content (AvgIpc) is 3.06. The highest BCUT2D eigenvalue weighted by Crippen LogP contribution is 2.22. The van der Waals surface area contributed by atoms with Crippen molar-refractivity contribution in [3.8, 4) is 5.75 Å². The third-order valence-corrected chi connectivity index (χ3v) is 4.55. The van der Waals surface area contributed by atoms with E-state index in [1.54, 1.807) is 7.11 Å². The van der Waals surface area contributed by atoms with Crippen LogP contribution >= 0.6 is 0 Å². The summed E-state index contributed by atoms with van der Waals surface area (Å²) in [5.41, 5.74) is 3.07. The van der Waals surface area contributed by atoms with E-state index in [0.717, 1.165) is 28.4 Å². The number of hydrogen-bond acceptors (Lipinski definition) is 2. The van der Waals surface area contributed by atoms with Gasteiger partial charge in [0.25, 0.3) is 0 Å². The topological polar surface area (TPSA) is 27.1 Å². The summed E-state index contributed by atoms with van der Waals surface area (Å²) in [5, 5.41) is 0. The Hall–Kier alpha value is -3.47. The number of methoxy groups -OCH3 is 1. The lowest BCUT2D eigenvalue weighted by molar-refractivity contribution is 0.414. The molecule has 0 amide bonds. The number of fused-ring (bicyclic) bond motifs is 1. The monoisotopic (exact) mass is 376 g/mol. The third-order valence-electron chi connectivity index (χ3n) is 4.55. The SMILES string of the molecule is COc1cccc(C=Cc2nc3ccccc3n2Cc2ccc(F)cc2F)c1. The summed E-state index contributed by atoms with van der Waals surface area (Å²) in [4.78, 5) is 4.66. The minimum atomic E-state index is -0.588. The van der Waals surface area contributed by atoms with Crippen LogP contribution in [0.2, 0.25) is 0 Å². The second kappa shape index (κ2) is 7.64. The Labute approximate surface area is 161 Å². The number of imidazole rings is 1. The molecule has 0 aliphatic carbocycles. The normalized spacial score (nSPS) is 11.4. The maximum absolute atomic E-state index is 14.2. The summed E-state index contributed by atoms with van der Waals surface area (Å²) in [6.07, 6.45) is 3.82. The van der Waals surface area contributed by atoms with Crippen molar-refractivity contribution in [3.63, 3.8) is 0 Å². The first kappa shape index (κ1) is 17.9. The molecule has 0 bridgehead atoms. The van der Waals surface area contributed by atoms with E-state index < -0.39 is 11.6 Å². The number of ether oxygens (including phenoxy) is 1. The second-order valence-electron chi connectivity index (χ2n) is 6.39. The van der Waals surface area contributed by atoms with Gasteiger partial charge in [0.2, 0.25) is 0 Å². The highest BCUT2D eigenvalue weighted by atomic mass is 19.1. The van der Waals surface area contributed by atoms with Crippen LogP contribution in [0.1, 0.15) is 17.0 Å². The van der Waals surface area contributed by atoms with Gasteiger partial charge in [0.05, 0.1) is 24.7 Å². The standard InChI is InChI=1S/C23H18F2N2O/c1-28-19-6-4-5-16(13-19)9-12-23-26-21-7-2-3-8-22(21)27(23)15-17-10-11-18(24)14-20(17)25/h2-14H,15H2,1H3. The van der Waals surface area contributed by atoms with Gasteiger partial charge in [0.1, 0.15) is 23.2 Å². The van der Waals surface area contributed by atoms with E-state index in [1.165, 1.54) is 12.1 Å². The van der Waals surface area contributed by atoms with E-state index in [-0.39, 0.29) is 6.54 Å². The number of rotatable bonds is 5. The van der Waals surface area contributed by atoms with Crippen LogP contribution in [0.5, 0.6) is 5.75 Å². The van der Waals surface area contributed by atoms with Crippen molar-refractivity contribution >= 4 is 23.2 Å². The number of halogens is 2. The lowest BCUT2D eigenvalue weighted by atomic mass is 10.2. The molecule has 0 aliphatic rings. The first-order chi connectivity index (χ1) is 13.6. The Morgan fingerprint density at radius 2 is 1.82 bits per heavy atom. The van der Waals surface area contributed by atoms with Gasteiger partial charge in [-0.25, -0.2) is 13.8 Å². The summed E-state index contributed by atoms with van der Waals surface area (Å²) >= 11 is 0. The van der Waals surface area contributed by atoms with Crippen LogP contribution in [0.3, 0.4) is 0 Å². The molecule has 0 spiro atoms. The van der Waals surface area contributed by atoms with E-state index >= 15 is 0 Å². The van der Waals surface area contributed by atoms with Crippen LogP contribution in [0.15, 0.2) is 66.7 Å². The van der Waals surface area contributed by atoms with Crippen LogP contribution < -0.4 is 4.74 Å². The van der Waals surface area contributed by atoms with Gasteiger partial charge in [-0.1, -0.05) is 36.4 Å². The van der Waals surface area contributed by atoms with Crippen molar-refractivity contribution in [2.45, 2.75) is 6.54 Å². The molecular weight excluding hydrogens is 358 g/mol. The predicted molar refractivity (Wildman–Crippen MR) is 107 cm³/mol. The molecule has 0 aliphatic heterocycles. The number of hydrogen-bond donors (Lipinski definition) is 0. The first-order valence-corrected chi connectivity index (χ1v) is 8.85. The molecule has 0 atom stereocenters. The molecule has 0 radical (unpaired) electrons. The molecule has 140 valence electrons. The van der Waals surface area contributed by atoms with Gasteiger partial charge < -0.3 is 9.30 Å². The molecule has 3 aromatic carbocycles. The highest BCUT2D eigenvalue weighted by Gasteiger charge is 2.11. The van der Waals surface area contributed by atoms with E-state index in [1.807, 2.05) is 65.3 Å². The van der Waals surface area contributed by atoms with Crippen LogP contribution in [0, 0.1) is 11.6 Å². The summed E-state index contributed by atoms with van der Waals surface area (Å²) in [6.45, 7) is 0.254. The van der Waals surface area contributed by atoms with E-state index in [4.69, 9.17) is 4.74 Å². The molecule has 0 unspecified atom stereocenters. The Bertz CT molecular complexity index is 1160. The van der Waals surface area contributed by atoms with Gasteiger partial charge in [0.15, 0.2) is 0 Å². The van der Waals surface area contributed by atoms with Crippen LogP contribution in [-0.2, 0) is 6.54 Å². The Morgan fingerprint density at radius 1 is 0.964 bits per heavy atom. The minimum absolute atomic E-state index is 0.254. The summed E-state index contributed by atoms with van der Waals surface area (Å²) < 4.78 is 34.6. The van der Waals surface area contributed by atoms with Crippen molar-refractivity contribution in [2.75, 3.05) is 7.11 Å². The van der Waals surface area contributed by atoms with Gasteiger partial charge in [-0.15, -0.1) is 0 Å². The zero-order valence-corrected chi connectivity index (χ0v) is 15.3. The van der Waals surface area contributed by atoms with Gasteiger partial charge in [-0.05, 0) is 42.0 Å². The Balaban J connectivity index is 1.75. The van der Waals surface area contributed by atoms with Crippen molar-refractivity contribution in [1.82, 2.24) is 9.55 Å². The van der Waals surface area contributed by atoms with Crippen LogP contribution in [0.4, 0.5) is 8.78 Å². The quantitative estimate of drug-likeness (QED) is 0.457. The number of para-hydroxylation sites is 2. The molecule has 0 saturated carbocycles.